The van der Waals surface area contributed by atoms with E-state index in [-0.39, 0.29) is 0 Å². The molecule has 0 saturated carbocycles. The molecule has 0 aliphatic carbocycles. The van der Waals surface area contributed by atoms with Crippen LogP contribution in [0.5, 0.6) is 0 Å². The summed E-state index contributed by atoms with van der Waals surface area (Å²) >= 11 is 0. The molecule has 0 saturated heterocycles. The van der Waals surface area contributed by atoms with Crippen LogP contribution in [-0.2, 0) is 0 Å². The van der Waals surface area contributed by atoms with Gasteiger partial charge in [0.05, 0.1) is 0 Å². The lowest BCUT2D eigenvalue weighted by atomic mass is 9.88. The van der Waals surface area contributed by atoms with Gasteiger partial charge in [0.15, 0.2) is 0 Å². The second-order valence-electron chi connectivity index (χ2n) is 5.00. The van der Waals surface area contributed by atoms with Gasteiger partial charge >= 0.3 is 0 Å². The Morgan fingerprint density at radius 3 is 2.33 bits per heavy atom. The summed E-state index contributed by atoms with van der Waals surface area (Å²) in [5.74, 6) is 0. The van der Waals surface area contributed by atoms with Crippen LogP contribution in [0, 0.1) is 5.41 Å². The van der Waals surface area contributed by atoms with Crippen LogP contribution in [0.3, 0.4) is 0 Å². The van der Waals surface area contributed by atoms with E-state index in [1.807, 2.05) is 13.0 Å². The molecule has 0 heterocycles. The zero-order chi connectivity index (χ0) is 11.9. The van der Waals surface area contributed by atoms with Crippen molar-refractivity contribution in [3.63, 3.8) is 0 Å². The van der Waals surface area contributed by atoms with Gasteiger partial charge in [-0.3, -0.25) is 0 Å². The molecule has 0 fully saturated rings. The van der Waals surface area contributed by atoms with Crippen molar-refractivity contribution < 1.29 is 0 Å². The van der Waals surface area contributed by atoms with Gasteiger partial charge in [-0.05, 0) is 31.0 Å². The van der Waals surface area contributed by atoms with Crippen molar-refractivity contribution in [1.29, 1.82) is 0 Å². The molecule has 1 heteroatoms. The normalized spacial score (nSPS) is 16.5. The third-order valence-electron chi connectivity index (χ3n) is 2.28. The summed E-state index contributed by atoms with van der Waals surface area (Å²) in [7, 11) is 0.947. The molecule has 0 spiro atoms. The summed E-state index contributed by atoms with van der Waals surface area (Å²) in [4.78, 5) is 0. The van der Waals surface area contributed by atoms with Crippen LogP contribution >= 0.6 is 8.58 Å². The molecule has 0 amide bonds. The van der Waals surface area contributed by atoms with Crippen LogP contribution in [0.25, 0.3) is 0 Å². The van der Waals surface area contributed by atoms with E-state index in [0.717, 1.165) is 8.58 Å². The van der Waals surface area contributed by atoms with E-state index in [4.69, 9.17) is 0 Å². The first-order valence-electron chi connectivity index (χ1n) is 5.57. The van der Waals surface area contributed by atoms with Gasteiger partial charge in [-0.15, -0.1) is 8.58 Å². The highest BCUT2D eigenvalue weighted by Gasteiger charge is 2.18. The second-order valence-corrected chi connectivity index (χ2v) is 6.28. The Hall–Kier alpha value is -0.350. The smallest absolute Gasteiger partial charge is 0.00162 e. The molecule has 86 valence electrons. The lowest BCUT2D eigenvalue weighted by molar-refractivity contribution is 0.383. The Bertz CT molecular complexity index is 241. The third kappa shape index (κ3) is 6.68. The zero-order valence-corrected chi connectivity index (χ0v) is 11.8. The van der Waals surface area contributed by atoms with Gasteiger partial charge in [-0.1, -0.05) is 51.7 Å². The van der Waals surface area contributed by atoms with Crippen LogP contribution in [-0.4, -0.2) is 12.3 Å². The Morgan fingerprint density at radius 2 is 2.00 bits per heavy atom. The van der Waals surface area contributed by atoms with Crippen LogP contribution < -0.4 is 0 Å². The fourth-order valence-corrected chi connectivity index (χ4v) is 2.90. The van der Waals surface area contributed by atoms with Gasteiger partial charge < -0.3 is 0 Å². The molecule has 0 aromatic carbocycles. The lowest BCUT2D eigenvalue weighted by Gasteiger charge is -2.26. The van der Waals surface area contributed by atoms with Crippen molar-refractivity contribution in [1.82, 2.24) is 0 Å². The molecule has 0 rings (SSSR count). The molecule has 0 radical (unpaired) electrons. The Labute approximate surface area is 97.3 Å². The molecule has 2 unspecified atom stereocenters. The maximum atomic E-state index is 3.92. The SMILES string of the molecule is C=C/C(=C\C=C/C)C(CC(C)(C)C)PC. The van der Waals surface area contributed by atoms with E-state index < -0.39 is 0 Å². The lowest BCUT2D eigenvalue weighted by Crippen LogP contribution is -2.15. The minimum absolute atomic E-state index is 0.395. The molecular weight excluding hydrogens is 199 g/mol. The van der Waals surface area contributed by atoms with Crippen LogP contribution in [0.1, 0.15) is 34.1 Å². The highest BCUT2D eigenvalue weighted by Crippen LogP contribution is 2.34. The van der Waals surface area contributed by atoms with Crippen molar-refractivity contribution in [2.45, 2.75) is 39.8 Å². The van der Waals surface area contributed by atoms with Crippen molar-refractivity contribution >= 4 is 8.58 Å². The molecule has 2 atom stereocenters. The summed E-state index contributed by atoms with van der Waals surface area (Å²) < 4.78 is 0. The van der Waals surface area contributed by atoms with Gasteiger partial charge in [0, 0.05) is 5.66 Å². The number of hydrogen-bond acceptors (Lipinski definition) is 0. The highest BCUT2D eigenvalue weighted by atomic mass is 31.1. The van der Waals surface area contributed by atoms with E-state index >= 15 is 0 Å². The molecule has 15 heavy (non-hydrogen) atoms. The molecule has 0 aliphatic heterocycles. The van der Waals surface area contributed by atoms with Crippen molar-refractivity contribution in [3.05, 3.63) is 36.5 Å². The van der Waals surface area contributed by atoms with Crippen molar-refractivity contribution in [2.75, 3.05) is 6.66 Å². The second kappa shape index (κ2) is 7.01. The summed E-state index contributed by atoms with van der Waals surface area (Å²) in [6.07, 6.45) is 9.60. The first-order valence-corrected chi connectivity index (χ1v) is 7.15. The van der Waals surface area contributed by atoms with E-state index in [1.165, 1.54) is 12.0 Å². The van der Waals surface area contributed by atoms with Gasteiger partial charge in [0.1, 0.15) is 0 Å². The zero-order valence-electron chi connectivity index (χ0n) is 10.8. The average Bonchev–Trinajstić information content (AvgIpc) is 2.15. The molecular formula is C14H25P. The fraction of sp³-hybridized carbons (Fsp3) is 0.571. The first-order chi connectivity index (χ1) is 6.94. The Kier molecular flexibility index (Phi) is 6.85. The standard InChI is InChI=1S/C14H25P/c1-7-9-10-12(8-2)13(15-6)11-14(3,4)5/h7-10,13,15H,2,11H2,1,3-6H3/b9-7-,12-10+. The maximum absolute atomic E-state index is 3.92. The van der Waals surface area contributed by atoms with E-state index in [2.05, 4.69) is 52.2 Å². The summed E-state index contributed by atoms with van der Waals surface area (Å²) in [5.41, 5.74) is 2.44. The predicted octanol–water partition coefficient (Wildman–Crippen LogP) is 4.79. The van der Waals surface area contributed by atoms with E-state index in [0.29, 0.717) is 11.1 Å². The quantitative estimate of drug-likeness (QED) is 0.465. The van der Waals surface area contributed by atoms with Crippen LogP contribution in [0.15, 0.2) is 36.5 Å². The summed E-state index contributed by atoms with van der Waals surface area (Å²) in [5, 5.41) is 0. The highest BCUT2D eigenvalue weighted by molar-refractivity contribution is 7.38. The van der Waals surface area contributed by atoms with Crippen LogP contribution in [0.4, 0.5) is 0 Å². The van der Waals surface area contributed by atoms with E-state index in [9.17, 15) is 0 Å². The topological polar surface area (TPSA) is 0 Å². The number of hydrogen-bond donors (Lipinski definition) is 0. The largest absolute Gasteiger partial charge is 0.118 e. The molecule has 0 aromatic rings. The monoisotopic (exact) mass is 224 g/mol. The first kappa shape index (κ1) is 14.6. The number of allylic oxidation sites excluding steroid dienone is 5. The molecule has 0 N–H and O–H groups in total. The van der Waals surface area contributed by atoms with Gasteiger partial charge in [0.2, 0.25) is 0 Å². The third-order valence-corrected chi connectivity index (χ3v) is 3.52. The predicted molar refractivity (Wildman–Crippen MR) is 75.2 cm³/mol. The Balaban J connectivity index is 4.69. The van der Waals surface area contributed by atoms with Crippen molar-refractivity contribution in [3.8, 4) is 0 Å². The summed E-state index contributed by atoms with van der Waals surface area (Å²) in [6.45, 7) is 15.1. The van der Waals surface area contributed by atoms with E-state index in [1.54, 1.807) is 0 Å². The van der Waals surface area contributed by atoms with Gasteiger partial charge in [0.25, 0.3) is 0 Å². The molecule has 0 aromatic heterocycles. The molecule has 0 nitrogen and oxygen atoms in total. The summed E-state index contributed by atoms with van der Waals surface area (Å²) in [6, 6.07) is 0. The maximum Gasteiger partial charge on any atom is 0.00162 e. The fourth-order valence-electron chi connectivity index (χ4n) is 1.53. The number of rotatable bonds is 5. The Morgan fingerprint density at radius 1 is 1.40 bits per heavy atom. The van der Waals surface area contributed by atoms with Crippen LogP contribution in [0.2, 0.25) is 0 Å². The molecule has 0 aliphatic rings. The minimum atomic E-state index is 0.395. The molecule has 0 bridgehead atoms. The minimum Gasteiger partial charge on any atom is -0.118 e. The van der Waals surface area contributed by atoms with Crippen molar-refractivity contribution in [2.24, 2.45) is 5.41 Å². The van der Waals surface area contributed by atoms with Gasteiger partial charge in [-0.2, -0.15) is 0 Å². The average molecular weight is 224 g/mol. The van der Waals surface area contributed by atoms with Gasteiger partial charge in [-0.25, -0.2) is 0 Å².